The number of aromatic nitrogens is 2. The van der Waals surface area contributed by atoms with E-state index in [1.165, 1.54) is 13.2 Å². The molecule has 0 bridgehead atoms. The van der Waals surface area contributed by atoms with Crippen molar-refractivity contribution in [2.45, 2.75) is 13.0 Å². The van der Waals surface area contributed by atoms with Crippen LogP contribution in [0.3, 0.4) is 0 Å². The zero-order valence-corrected chi connectivity index (χ0v) is 9.95. The van der Waals surface area contributed by atoms with Crippen molar-refractivity contribution in [1.82, 2.24) is 10.2 Å². The van der Waals surface area contributed by atoms with E-state index in [2.05, 4.69) is 10.2 Å². The number of aromatic carboxylic acids is 1. The lowest BCUT2D eigenvalue weighted by Gasteiger charge is -2.02. The summed E-state index contributed by atoms with van der Waals surface area (Å²) in [6.07, 6.45) is -0.330. The minimum atomic E-state index is -1.04. The maximum atomic E-state index is 11.1. The smallest absolute Gasteiger partial charge is 0.336 e. The van der Waals surface area contributed by atoms with E-state index < -0.39 is 5.97 Å². The van der Waals surface area contributed by atoms with E-state index in [0.29, 0.717) is 11.5 Å². The highest BCUT2D eigenvalue weighted by atomic mass is 16.5. The number of carboxylic acids is 1. The maximum absolute atomic E-state index is 11.1. The zero-order chi connectivity index (χ0) is 13.1. The molecular formula is C12H12N2O4. The van der Waals surface area contributed by atoms with Crippen molar-refractivity contribution < 1.29 is 19.1 Å². The highest BCUT2D eigenvalue weighted by molar-refractivity contribution is 5.94. The van der Waals surface area contributed by atoms with E-state index in [-0.39, 0.29) is 17.6 Å². The Morgan fingerprint density at radius 1 is 1.39 bits per heavy atom. The summed E-state index contributed by atoms with van der Waals surface area (Å²) in [4.78, 5) is 11.1. The normalized spacial score (nSPS) is 12.3. The first-order chi connectivity index (χ1) is 8.63. The van der Waals surface area contributed by atoms with Crippen LogP contribution in [0.25, 0.3) is 11.5 Å². The predicted molar refractivity (Wildman–Crippen MR) is 62.1 cm³/mol. The number of hydrogen-bond acceptors (Lipinski definition) is 5. The average molecular weight is 248 g/mol. The van der Waals surface area contributed by atoms with Crippen molar-refractivity contribution in [3.8, 4) is 11.5 Å². The Morgan fingerprint density at radius 3 is 2.78 bits per heavy atom. The van der Waals surface area contributed by atoms with Crippen molar-refractivity contribution in [2.24, 2.45) is 0 Å². The third-order valence-electron chi connectivity index (χ3n) is 2.53. The Labute approximate surface area is 103 Å². The number of carbonyl (C=O) groups is 1. The number of ether oxygens (including phenoxy) is 1. The van der Waals surface area contributed by atoms with E-state index in [9.17, 15) is 4.79 Å². The molecule has 0 saturated heterocycles. The van der Waals surface area contributed by atoms with Gasteiger partial charge in [-0.15, -0.1) is 10.2 Å². The highest BCUT2D eigenvalue weighted by Gasteiger charge is 2.18. The fourth-order valence-corrected chi connectivity index (χ4v) is 1.46. The predicted octanol–water partition coefficient (Wildman–Crippen LogP) is 2.14. The van der Waals surface area contributed by atoms with Gasteiger partial charge in [0.05, 0.1) is 11.1 Å². The molecule has 0 saturated carbocycles. The second kappa shape index (κ2) is 4.97. The van der Waals surface area contributed by atoms with Crippen molar-refractivity contribution in [3.63, 3.8) is 0 Å². The molecule has 1 atom stereocenters. The summed E-state index contributed by atoms with van der Waals surface area (Å²) >= 11 is 0. The van der Waals surface area contributed by atoms with Gasteiger partial charge in [-0.1, -0.05) is 12.1 Å². The first kappa shape index (κ1) is 12.3. The summed E-state index contributed by atoms with van der Waals surface area (Å²) in [5.74, 6) is -0.551. The topological polar surface area (TPSA) is 85.5 Å². The Kier molecular flexibility index (Phi) is 3.38. The molecule has 0 spiro atoms. The molecule has 1 N–H and O–H groups in total. The van der Waals surface area contributed by atoms with Gasteiger partial charge < -0.3 is 14.3 Å². The molecule has 0 amide bonds. The van der Waals surface area contributed by atoms with Gasteiger partial charge in [0.2, 0.25) is 11.8 Å². The summed E-state index contributed by atoms with van der Waals surface area (Å²) in [5.41, 5.74) is 0.518. The van der Waals surface area contributed by atoms with Gasteiger partial charge in [0.25, 0.3) is 0 Å². The summed E-state index contributed by atoms with van der Waals surface area (Å²) in [6.45, 7) is 1.76. The lowest BCUT2D eigenvalue weighted by molar-refractivity contribution is 0.0697. The van der Waals surface area contributed by atoms with Crippen molar-refractivity contribution >= 4 is 5.97 Å². The molecule has 6 heteroatoms. The molecule has 2 rings (SSSR count). The van der Waals surface area contributed by atoms with E-state index >= 15 is 0 Å². The van der Waals surface area contributed by atoms with E-state index in [1.807, 2.05) is 0 Å². The molecule has 6 nitrogen and oxygen atoms in total. The number of carboxylic acid groups (broad SMARTS) is 1. The summed E-state index contributed by atoms with van der Waals surface area (Å²) in [6, 6.07) is 6.47. The Balaban J connectivity index is 2.43. The molecule has 1 heterocycles. The van der Waals surface area contributed by atoms with Crippen LogP contribution in [0.15, 0.2) is 28.7 Å². The monoisotopic (exact) mass is 248 g/mol. The van der Waals surface area contributed by atoms with Gasteiger partial charge in [0, 0.05) is 7.11 Å². The molecule has 0 aliphatic rings. The van der Waals surface area contributed by atoms with Gasteiger partial charge >= 0.3 is 5.97 Å². The third-order valence-corrected chi connectivity index (χ3v) is 2.53. The van der Waals surface area contributed by atoms with E-state index in [0.717, 1.165) is 0 Å². The van der Waals surface area contributed by atoms with Crippen LogP contribution in [0, 0.1) is 0 Å². The van der Waals surface area contributed by atoms with Gasteiger partial charge in [0.15, 0.2) is 0 Å². The van der Waals surface area contributed by atoms with Crippen molar-refractivity contribution in [1.29, 1.82) is 0 Å². The third kappa shape index (κ3) is 2.23. The van der Waals surface area contributed by atoms with Crippen LogP contribution in [-0.2, 0) is 4.74 Å². The molecule has 0 aliphatic heterocycles. The van der Waals surface area contributed by atoms with Crippen LogP contribution in [0.1, 0.15) is 29.3 Å². The second-order valence-electron chi connectivity index (χ2n) is 3.67. The quantitative estimate of drug-likeness (QED) is 0.892. The molecule has 18 heavy (non-hydrogen) atoms. The van der Waals surface area contributed by atoms with Gasteiger partial charge in [0.1, 0.15) is 6.10 Å². The molecule has 1 aromatic carbocycles. The number of hydrogen-bond donors (Lipinski definition) is 1. The minimum Gasteiger partial charge on any atom is -0.478 e. The van der Waals surface area contributed by atoms with E-state index in [4.69, 9.17) is 14.3 Å². The largest absolute Gasteiger partial charge is 0.478 e. The molecule has 0 fully saturated rings. The Morgan fingerprint density at radius 2 is 2.11 bits per heavy atom. The van der Waals surface area contributed by atoms with Crippen LogP contribution in [0.5, 0.6) is 0 Å². The molecule has 0 aliphatic carbocycles. The SMILES string of the molecule is COC(C)c1nnc(-c2ccccc2C(=O)O)o1. The molecule has 2 aromatic rings. The van der Waals surface area contributed by atoms with Crippen molar-refractivity contribution in [2.75, 3.05) is 7.11 Å². The lowest BCUT2D eigenvalue weighted by Crippen LogP contribution is -1.99. The van der Waals surface area contributed by atoms with Gasteiger partial charge in [-0.3, -0.25) is 0 Å². The van der Waals surface area contributed by atoms with Gasteiger partial charge in [-0.2, -0.15) is 0 Å². The van der Waals surface area contributed by atoms with Crippen LogP contribution < -0.4 is 0 Å². The maximum Gasteiger partial charge on any atom is 0.336 e. The molecular weight excluding hydrogens is 236 g/mol. The molecule has 1 unspecified atom stereocenters. The zero-order valence-electron chi connectivity index (χ0n) is 9.95. The molecule has 1 aromatic heterocycles. The summed E-state index contributed by atoms with van der Waals surface area (Å²) in [5, 5.41) is 16.7. The highest BCUT2D eigenvalue weighted by Crippen LogP contribution is 2.24. The standard InChI is InChI=1S/C12H12N2O4/c1-7(17-2)10-13-14-11(18-10)8-5-3-4-6-9(8)12(15)16/h3-7H,1-2H3,(H,15,16). The number of rotatable bonds is 4. The van der Waals surface area contributed by atoms with E-state index in [1.54, 1.807) is 25.1 Å². The van der Waals surface area contributed by atoms with Gasteiger partial charge in [-0.25, -0.2) is 4.79 Å². The Bertz CT molecular complexity index is 565. The fourth-order valence-electron chi connectivity index (χ4n) is 1.46. The molecule has 94 valence electrons. The minimum absolute atomic E-state index is 0.123. The molecule has 0 radical (unpaired) electrons. The summed E-state index contributed by atoms with van der Waals surface area (Å²) in [7, 11) is 1.53. The van der Waals surface area contributed by atoms with Crippen LogP contribution in [0.2, 0.25) is 0 Å². The average Bonchev–Trinajstić information content (AvgIpc) is 2.87. The first-order valence-corrected chi connectivity index (χ1v) is 5.32. The number of nitrogens with zero attached hydrogens (tertiary/aromatic N) is 2. The van der Waals surface area contributed by atoms with Crippen LogP contribution in [0.4, 0.5) is 0 Å². The van der Waals surface area contributed by atoms with Gasteiger partial charge in [-0.05, 0) is 19.1 Å². The first-order valence-electron chi connectivity index (χ1n) is 5.32. The second-order valence-corrected chi connectivity index (χ2v) is 3.67. The number of benzene rings is 1. The Hall–Kier alpha value is -2.21. The summed E-state index contributed by atoms with van der Waals surface area (Å²) < 4.78 is 10.5. The lowest BCUT2D eigenvalue weighted by atomic mass is 10.1. The number of methoxy groups -OCH3 is 1. The van der Waals surface area contributed by atoms with Crippen LogP contribution >= 0.6 is 0 Å². The van der Waals surface area contributed by atoms with Crippen LogP contribution in [-0.4, -0.2) is 28.4 Å². The fraction of sp³-hybridized carbons (Fsp3) is 0.250. The van der Waals surface area contributed by atoms with Crippen molar-refractivity contribution in [3.05, 3.63) is 35.7 Å².